The number of pyridine rings is 9. The molecule has 17 aromatic heterocycles. The number of halogens is 4. The topological polar surface area (TPSA) is 462 Å². The van der Waals surface area contributed by atoms with Crippen LogP contribution in [-0.2, 0) is 19.2 Å². The van der Waals surface area contributed by atoms with Crippen molar-refractivity contribution in [2.45, 2.75) is 67.2 Å². The van der Waals surface area contributed by atoms with Gasteiger partial charge in [0.15, 0.2) is 23.3 Å². The first-order chi connectivity index (χ1) is 72.4. The van der Waals surface area contributed by atoms with Crippen LogP contribution in [0.2, 0.25) is 0 Å². The number of hydrogen-bond donors (Lipinski definition) is 12. The third-order valence-corrected chi connectivity index (χ3v) is 25.0. The van der Waals surface area contributed by atoms with E-state index in [-0.39, 0.29) is 58.3 Å². The van der Waals surface area contributed by atoms with Crippen molar-refractivity contribution < 1.29 is 36.7 Å². The molecule has 33 nitrogen and oxygen atoms in total. The molecule has 732 valence electrons. The monoisotopic (exact) mass is 1980 g/mol. The second kappa shape index (κ2) is 39.9. The molecule has 0 atom stereocenters. The molecule has 0 unspecified atom stereocenters. The Bertz CT molecular complexity index is 9330. The lowest BCUT2D eigenvalue weighted by molar-refractivity contribution is -0.119. The van der Waals surface area contributed by atoms with Crippen molar-refractivity contribution in [1.82, 2.24) is 126 Å². The molecule has 0 radical (unpaired) electrons. The molecule has 7 aromatic carbocycles. The third kappa shape index (κ3) is 20.1. The standard InChI is InChI=1S/C30H26FN7O.C28H20FN7O.C28H22FN7O.C26H19FN8O/c1-30(2,3)12-26(39)34-21-10-19(13-32-14-21)17-7-8-24-22(11-17)28(38-37-24)29-35-25-16-33-15-23(27(25)36-29)18-5-4-6-20(31)9-18;29-19-3-1-2-17(8-19)22-13-31-14-24-25(22)34-27(33-24)26-21-10-16(6-7-23(21)35-36-26)18-9-20(12-30-11-18)32-28(37)15-4-5-15;1-15(2)28(37)32-18-9-17(11-30-12-18)16-7-8-23-20(10-16)26(36-35-23)27-33-24-14-31-13-21(25(24)34-27)19-5-3-4-6-22(19)29;1-2-23(36)31-18-6-15(8-29-11-18)14-3-4-21-19(7-14)25(35-34-21)26-32-22-13-30-12-20(24(22)33-26)16-5-17(27)10-28-9-16/h4-11,13-16H,12H2,1-3H3,(H,34,39)(H,35,36)(H,37,38);1-3,6-15H,4-5H2,(H,32,37)(H,33,34)(H,35,36);3-15H,1-2H3,(H,32,37)(H,33,34)(H,35,36);3-13H,2H2,1H3,(H,31,36)(H,32,33)(H,34,35). The van der Waals surface area contributed by atoms with Crippen LogP contribution >= 0.6 is 0 Å². The molecule has 1 aliphatic carbocycles. The Morgan fingerprint density at radius 1 is 0.322 bits per heavy atom. The Labute approximate surface area is 843 Å². The van der Waals surface area contributed by atoms with Crippen LogP contribution in [0.25, 0.3) is 223 Å². The summed E-state index contributed by atoms with van der Waals surface area (Å²) < 4.78 is 56.1. The maximum atomic E-state index is 14.5. The van der Waals surface area contributed by atoms with Gasteiger partial charge < -0.3 is 41.2 Å². The molecular weight excluding hydrogens is 1890 g/mol. The van der Waals surface area contributed by atoms with E-state index in [1.54, 1.807) is 143 Å². The van der Waals surface area contributed by atoms with Crippen molar-refractivity contribution in [2.75, 3.05) is 21.3 Å². The maximum absolute atomic E-state index is 14.5. The van der Waals surface area contributed by atoms with Gasteiger partial charge >= 0.3 is 0 Å². The summed E-state index contributed by atoms with van der Waals surface area (Å²) in [6, 6.07) is 52.0. The summed E-state index contributed by atoms with van der Waals surface area (Å²) in [6.07, 6.45) is 32.3. The number of benzene rings is 7. The molecule has 1 aliphatic rings. The highest BCUT2D eigenvalue weighted by molar-refractivity contribution is 6.05. The first kappa shape index (κ1) is 94.2. The highest BCUT2D eigenvalue weighted by atomic mass is 19.1. The minimum Gasteiger partial charge on any atom is -0.335 e. The lowest BCUT2D eigenvalue weighted by Gasteiger charge is -2.17. The van der Waals surface area contributed by atoms with Gasteiger partial charge in [-0.2, -0.15) is 20.4 Å². The van der Waals surface area contributed by atoms with Crippen LogP contribution in [0.3, 0.4) is 0 Å². The predicted octanol–water partition coefficient (Wildman–Crippen LogP) is 23.5. The van der Waals surface area contributed by atoms with Crippen LogP contribution in [0.5, 0.6) is 0 Å². The predicted molar refractivity (Wildman–Crippen MR) is 565 cm³/mol. The number of nitrogens with zero attached hydrogens (tertiary/aromatic N) is 17. The van der Waals surface area contributed by atoms with E-state index in [4.69, 9.17) is 19.9 Å². The molecule has 0 saturated heterocycles. The number of aromatic amines is 8. The minimum absolute atomic E-state index is 0.0449. The van der Waals surface area contributed by atoms with Gasteiger partial charge in [0.2, 0.25) is 23.6 Å². The van der Waals surface area contributed by atoms with Crippen LogP contribution in [0.15, 0.2) is 287 Å². The van der Waals surface area contributed by atoms with Crippen LogP contribution in [0, 0.1) is 40.5 Å². The van der Waals surface area contributed by atoms with Gasteiger partial charge in [-0.25, -0.2) is 37.5 Å². The molecule has 12 N–H and O–H groups in total. The summed E-state index contributed by atoms with van der Waals surface area (Å²) in [5.41, 5.74) is 26.1. The Morgan fingerprint density at radius 3 is 1.03 bits per heavy atom. The number of aromatic nitrogens is 25. The van der Waals surface area contributed by atoms with Gasteiger partial charge in [0, 0.05) is 158 Å². The minimum atomic E-state index is -0.432. The molecule has 1 fully saturated rings. The zero-order valence-corrected chi connectivity index (χ0v) is 80.4. The molecule has 25 rings (SSSR count). The van der Waals surface area contributed by atoms with Gasteiger partial charge in [0.05, 0.1) is 134 Å². The van der Waals surface area contributed by atoms with Gasteiger partial charge in [-0.3, -0.25) is 84.4 Å². The maximum Gasteiger partial charge on any atom is 0.227 e. The summed E-state index contributed by atoms with van der Waals surface area (Å²) in [7, 11) is 0. The van der Waals surface area contributed by atoms with E-state index in [0.717, 1.165) is 129 Å². The molecule has 0 bridgehead atoms. The van der Waals surface area contributed by atoms with E-state index >= 15 is 0 Å². The van der Waals surface area contributed by atoms with E-state index in [0.29, 0.717) is 148 Å². The number of imidazole rings is 4. The molecule has 24 aromatic rings. The lowest BCUT2D eigenvalue weighted by atomic mass is 9.92. The molecular formula is C112H87F4N29O4. The fourth-order valence-electron chi connectivity index (χ4n) is 17.5. The average molecular weight is 1980 g/mol. The van der Waals surface area contributed by atoms with Gasteiger partial charge in [-0.05, 0) is 161 Å². The van der Waals surface area contributed by atoms with Crippen molar-refractivity contribution in [3.05, 3.63) is 311 Å². The second-order valence-electron chi connectivity index (χ2n) is 37.3. The van der Waals surface area contributed by atoms with E-state index < -0.39 is 5.82 Å². The fraction of sp³-hybridized carbons (Fsp3) is 0.116. The zero-order chi connectivity index (χ0) is 102. The van der Waals surface area contributed by atoms with Crippen molar-refractivity contribution >= 4 is 134 Å². The summed E-state index contributed by atoms with van der Waals surface area (Å²) in [5.74, 6) is 0.669. The molecule has 149 heavy (non-hydrogen) atoms. The molecule has 17 heterocycles. The van der Waals surface area contributed by atoms with Crippen LogP contribution in [-0.4, -0.2) is 149 Å². The SMILES string of the molecule is CC(C)(C)CC(=O)Nc1cncc(-c2ccc3[nH]nc(-c4nc5c(-c6cccc(F)c6)cncc5[nH]4)c3c2)c1.CC(C)C(=O)Nc1cncc(-c2ccc3[nH]nc(-c4nc5c(-c6ccccc6F)cncc5[nH]4)c3c2)c1.CCC(=O)Nc1cncc(-c2ccc3[nH]nc(-c4nc5c(-c6cncc(F)c6)cncc5[nH]4)c3c2)c1.O=C(Nc1cncc(-c2ccc3[nH]nc(-c4nc5c(-c6cccc(F)c6)cncc5[nH]4)c3c2)c1)C1CC1. The molecule has 0 aliphatic heterocycles. The van der Waals surface area contributed by atoms with Gasteiger partial charge in [0.25, 0.3) is 0 Å². The number of rotatable bonds is 20. The fourth-order valence-corrected chi connectivity index (χ4v) is 17.5. The first-order valence-corrected chi connectivity index (χ1v) is 47.6. The number of hydrogen-bond acceptors (Lipinski definition) is 21. The Balaban J connectivity index is 0.000000112. The number of fused-ring (bicyclic) bond motifs is 8. The Morgan fingerprint density at radius 2 is 0.664 bits per heavy atom. The molecule has 37 heteroatoms. The van der Waals surface area contributed by atoms with Crippen molar-refractivity contribution in [3.8, 4) is 135 Å². The van der Waals surface area contributed by atoms with E-state index in [9.17, 15) is 36.7 Å². The summed E-state index contributed by atoms with van der Waals surface area (Å²) in [6.45, 7) is 11.6. The van der Waals surface area contributed by atoms with Gasteiger partial charge in [0.1, 0.15) is 57.1 Å². The smallest absolute Gasteiger partial charge is 0.227 e. The normalized spacial score (nSPS) is 12.0. The van der Waals surface area contributed by atoms with Crippen molar-refractivity contribution in [1.29, 1.82) is 0 Å². The van der Waals surface area contributed by atoms with Crippen LogP contribution in [0.1, 0.15) is 67.2 Å². The average Bonchev–Trinajstić information content (AvgIpc) is 1.62. The van der Waals surface area contributed by atoms with E-state index in [1.165, 1.54) is 36.4 Å². The largest absolute Gasteiger partial charge is 0.335 e. The summed E-state index contributed by atoms with van der Waals surface area (Å²) in [4.78, 5) is 119. The van der Waals surface area contributed by atoms with E-state index in [1.807, 2.05) is 144 Å². The number of amides is 4. The zero-order valence-electron chi connectivity index (χ0n) is 80.4. The highest BCUT2D eigenvalue weighted by Gasteiger charge is 2.31. The quantitative estimate of drug-likeness (QED) is 0.0315. The number of H-pyrrole nitrogens is 8. The highest BCUT2D eigenvalue weighted by Crippen LogP contribution is 2.42. The van der Waals surface area contributed by atoms with Crippen molar-refractivity contribution in [3.63, 3.8) is 0 Å². The number of anilines is 4. The van der Waals surface area contributed by atoms with Crippen LogP contribution < -0.4 is 21.3 Å². The third-order valence-electron chi connectivity index (χ3n) is 25.0. The lowest BCUT2D eigenvalue weighted by Crippen LogP contribution is -2.19. The molecule has 4 amide bonds. The van der Waals surface area contributed by atoms with Gasteiger partial charge in [-0.15, -0.1) is 0 Å². The Hall–Kier alpha value is -19.7. The van der Waals surface area contributed by atoms with Gasteiger partial charge in [-0.1, -0.05) is 108 Å². The number of nitrogens with one attached hydrogen (secondary N) is 12. The first-order valence-electron chi connectivity index (χ1n) is 47.6. The number of carbonyl (C=O) groups is 4. The molecule has 0 spiro atoms. The summed E-state index contributed by atoms with van der Waals surface area (Å²) in [5, 5.41) is 45.4. The van der Waals surface area contributed by atoms with Crippen LogP contribution in [0.4, 0.5) is 40.3 Å². The summed E-state index contributed by atoms with van der Waals surface area (Å²) >= 11 is 0. The molecule has 1 saturated carbocycles. The van der Waals surface area contributed by atoms with Crippen molar-refractivity contribution in [2.24, 2.45) is 17.3 Å². The number of carbonyl (C=O) groups excluding carboxylic acids is 4. The second-order valence-corrected chi connectivity index (χ2v) is 37.3. The Kier molecular flexibility index (Phi) is 25.2. The van der Waals surface area contributed by atoms with E-state index in [2.05, 4.69) is 127 Å².